The summed E-state index contributed by atoms with van der Waals surface area (Å²) in [4.78, 5) is 11.7. The van der Waals surface area contributed by atoms with E-state index in [-0.39, 0.29) is 11.9 Å². The molecule has 1 unspecified atom stereocenters. The Kier molecular flexibility index (Phi) is 2.90. The van der Waals surface area contributed by atoms with E-state index in [1.807, 2.05) is 0 Å². The predicted octanol–water partition coefficient (Wildman–Crippen LogP) is 0.330. The van der Waals surface area contributed by atoms with Crippen molar-refractivity contribution < 1.29 is 4.79 Å². The predicted molar refractivity (Wildman–Crippen MR) is 55.3 cm³/mol. The molecule has 0 radical (unpaired) electrons. The van der Waals surface area contributed by atoms with Gasteiger partial charge >= 0.3 is 0 Å². The molecular formula is C9H16N4O. The molecule has 5 heteroatoms. The van der Waals surface area contributed by atoms with Crippen LogP contribution in [0.3, 0.4) is 0 Å². The lowest BCUT2D eigenvalue weighted by Gasteiger charge is -2.09. The van der Waals surface area contributed by atoms with Crippen molar-refractivity contribution in [3.8, 4) is 0 Å². The van der Waals surface area contributed by atoms with Gasteiger partial charge in [-0.1, -0.05) is 0 Å². The molecule has 0 saturated heterocycles. The van der Waals surface area contributed by atoms with E-state index in [2.05, 4.69) is 10.4 Å². The first-order valence-electron chi connectivity index (χ1n) is 4.52. The Morgan fingerprint density at radius 1 is 1.57 bits per heavy atom. The maximum absolute atomic E-state index is 11.7. The van der Waals surface area contributed by atoms with Gasteiger partial charge in [0.2, 0.25) is 0 Å². The van der Waals surface area contributed by atoms with Crippen molar-refractivity contribution >= 4 is 11.6 Å². The van der Waals surface area contributed by atoms with Crippen molar-refractivity contribution in [1.29, 1.82) is 0 Å². The Balaban J connectivity index is 3.08. The summed E-state index contributed by atoms with van der Waals surface area (Å²) in [6, 6.07) is -0.257. The molecule has 78 valence electrons. The molecule has 0 aliphatic heterocycles. The highest BCUT2D eigenvalue weighted by molar-refractivity contribution is 5.84. The van der Waals surface area contributed by atoms with Gasteiger partial charge in [0.15, 0.2) is 0 Å². The molecule has 0 fully saturated rings. The minimum Gasteiger partial charge on any atom is -0.396 e. The number of carbonyl (C=O) groups excluding carboxylic acids is 1. The van der Waals surface area contributed by atoms with Crippen molar-refractivity contribution in [3.63, 3.8) is 0 Å². The highest BCUT2D eigenvalue weighted by Crippen LogP contribution is 2.14. The van der Waals surface area contributed by atoms with Gasteiger partial charge in [-0.2, -0.15) is 5.10 Å². The van der Waals surface area contributed by atoms with E-state index in [1.165, 1.54) is 4.68 Å². The summed E-state index contributed by atoms with van der Waals surface area (Å²) >= 11 is 0. The second kappa shape index (κ2) is 3.79. The molecule has 1 heterocycles. The fraction of sp³-hybridized carbons (Fsp3) is 0.556. The summed E-state index contributed by atoms with van der Waals surface area (Å²) in [5.41, 5.74) is 7.71. The van der Waals surface area contributed by atoms with E-state index < -0.39 is 0 Å². The van der Waals surface area contributed by atoms with Crippen LogP contribution in [-0.2, 0) is 0 Å². The monoisotopic (exact) mass is 196 g/mol. The largest absolute Gasteiger partial charge is 0.396 e. The number of nitrogen functional groups attached to an aromatic ring is 1. The number of nitrogens with zero attached hydrogens (tertiary/aromatic N) is 2. The van der Waals surface area contributed by atoms with Gasteiger partial charge in [0, 0.05) is 0 Å². The summed E-state index contributed by atoms with van der Waals surface area (Å²) < 4.78 is 1.35. The fourth-order valence-corrected chi connectivity index (χ4v) is 1.18. The van der Waals surface area contributed by atoms with E-state index in [0.717, 1.165) is 0 Å². The lowest BCUT2D eigenvalue weighted by molar-refractivity contribution is 0.0853. The number of nitrogens with two attached hydrogens (primary N) is 1. The number of likely N-dealkylation sites (N-methyl/N-ethyl adjacent to an activating group) is 1. The lowest BCUT2D eigenvalue weighted by atomic mass is 10.3. The smallest absolute Gasteiger partial charge is 0.263 e. The first-order valence-corrected chi connectivity index (χ1v) is 4.52. The Hall–Kier alpha value is -1.36. The van der Waals surface area contributed by atoms with Gasteiger partial charge in [0.05, 0.1) is 23.1 Å². The molecule has 0 aromatic carbocycles. The highest BCUT2D eigenvalue weighted by Gasteiger charge is 2.18. The number of anilines is 1. The van der Waals surface area contributed by atoms with Crippen molar-refractivity contribution in [2.45, 2.75) is 26.8 Å². The van der Waals surface area contributed by atoms with Crippen LogP contribution in [0.15, 0.2) is 0 Å². The molecule has 0 bridgehead atoms. The van der Waals surface area contributed by atoms with Crippen LogP contribution in [0.4, 0.5) is 5.69 Å². The molecule has 14 heavy (non-hydrogen) atoms. The summed E-state index contributed by atoms with van der Waals surface area (Å²) in [7, 11) is 1.73. The maximum Gasteiger partial charge on any atom is 0.263 e. The second-order valence-corrected chi connectivity index (χ2v) is 3.34. The number of aromatic nitrogens is 2. The van der Waals surface area contributed by atoms with E-state index in [9.17, 15) is 4.79 Å². The molecular weight excluding hydrogens is 180 g/mol. The Labute approximate surface area is 83.3 Å². The third-order valence-electron chi connectivity index (χ3n) is 2.36. The normalized spacial score (nSPS) is 12.9. The first kappa shape index (κ1) is 10.7. The van der Waals surface area contributed by atoms with Crippen molar-refractivity contribution in [3.05, 3.63) is 11.4 Å². The molecule has 1 rings (SSSR count). The van der Waals surface area contributed by atoms with Crippen LogP contribution >= 0.6 is 0 Å². The van der Waals surface area contributed by atoms with Crippen LogP contribution in [0.1, 0.15) is 23.1 Å². The molecule has 0 saturated carbocycles. The topological polar surface area (TPSA) is 72.9 Å². The van der Waals surface area contributed by atoms with Crippen LogP contribution in [0.5, 0.6) is 0 Å². The molecule has 0 spiro atoms. The average Bonchev–Trinajstić information content (AvgIpc) is 2.43. The minimum absolute atomic E-state index is 0.0928. The fourth-order valence-electron chi connectivity index (χ4n) is 1.18. The van der Waals surface area contributed by atoms with Gasteiger partial charge in [-0.25, -0.2) is 4.68 Å². The standard InChI is InChI=1S/C9H16N4O/c1-5-8(10)7(3)13(12-5)9(14)6(2)11-4/h6,11H,10H2,1-4H3. The lowest BCUT2D eigenvalue weighted by Crippen LogP contribution is -2.35. The quantitative estimate of drug-likeness (QED) is 0.715. The Morgan fingerprint density at radius 2 is 2.14 bits per heavy atom. The number of rotatable bonds is 2. The number of aryl methyl sites for hydroxylation is 1. The molecule has 0 aliphatic carbocycles. The molecule has 1 aromatic rings. The first-order chi connectivity index (χ1) is 6.49. The van der Waals surface area contributed by atoms with E-state index in [1.54, 1.807) is 27.8 Å². The van der Waals surface area contributed by atoms with Gasteiger partial charge in [-0.05, 0) is 27.8 Å². The zero-order chi connectivity index (χ0) is 10.9. The SMILES string of the molecule is CNC(C)C(=O)n1nc(C)c(N)c1C. The summed E-state index contributed by atoms with van der Waals surface area (Å²) in [5, 5.41) is 6.95. The van der Waals surface area contributed by atoms with E-state index in [4.69, 9.17) is 5.73 Å². The number of hydrogen-bond donors (Lipinski definition) is 2. The van der Waals surface area contributed by atoms with Crippen molar-refractivity contribution in [2.75, 3.05) is 12.8 Å². The molecule has 0 amide bonds. The van der Waals surface area contributed by atoms with E-state index >= 15 is 0 Å². The van der Waals surface area contributed by atoms with Gasteiger partial charge in [0.25, 0.3) is 5.91 Å². The van der Waals surface area contributed by atoms with Gasteiger partial charge in [-0.15, -0.1) is 0 Å². The Morgan fingerprint density at radius 3 is 2.50 bits per heavy atom. The van der Waals surface area contributed by atoms with E-state index in [0.29, 0.717) is 17.1 Å². The Bertz CT molecular complexity index is 356. The molecule has 1 aromatic heterocycles. The van der Waals surface area contributed by atoms with Crippen LogP contribution < -0.4 is 11.1 Å². The van der Waals surface area contributed by atoms with Gasteiger partial charge < -0.3 is 11.1 Å². The zero-order valence-corrected chi connectivity index (χ0v) is 8.96. The molecule has 5 nitrogen and oxygen atoms in total. The highest BCUT2D eigenvalue weighted by atomic mass is 16.2. The number of nitrogens with one attached hydrogen (secondary N) is 1. The molecule has 3 N–H and O–H groups in total. The number of carbonyl (C=O) groups is 1. The van der Waals surface area contributed by atoms with Gasteiger partial charge in [0.1, 0.15) is 0 Å². The van der Waals surface area contributed by atoms with Crippen LogP contribution in [0.25, 0.3) is 0 Å². The van der Waals surface area contributed by atoms with Crippen LogP contribution in [0.2, 0.25) is 0 Å². The van der Waals surface area contributed by atoms with Gasteiger partial charge in [-0.3, -0.25) is 4.79 Å². The summed E-state index contributed by atoms with van der Waals surface area (Å²) in [5.74, 6) is -0.0928. The third kappa shape index (κ3) is 1.63. The molecule has 0 aliphatic rings. The second-order valence-electron chi connectivity index (χ2n) is 3.34. The third-order valence-corrected chi connectivity index (χ3v) is 2.36. The summed E-state index contributed by atoms with van der Waals surface area (Å²) in [6.45, 7) is 5.36. The number of hydrogen-bond acceptors (Lipinski definition) is 4. The summed E-state index contributed by atoms with van der Waals surface area (Å²) in [6.07, 6.45) is 0. The zero-order valence-electron chi connectivity index (χ0n) is 8.96. The van der Waals surface area contributed by atoms with Crippen LogP contribution in [0, 0.1) is 13.8 Å². The maximum atomic E-state index is 11.7. The molecule has 1 atom stereocenters. The minimum atomic E-state index is -0.257. The van der Waals surface area contributed by atoms with Crippen molar-refractivity contribution in [2.24, 2.45) is 0 Å². The van der Waals surface area contributed by atoms with Crippen LogP contribution in [-0.4, -0.2) is 28.8 Å². The van der Waals surface area contributed by atoms with Crippen molar-refractivity contribution in [1.82, 2.24) is 15.1 Å². The average molecular weight is 196 g/mol.